The van der Waals surface area contributed by atoms with Gasteiger partial charge in [-0.05, 0) is 74.9 Å². The van der Waals surface area contributed by atoms with Crippen molar-refractivity contribution in [3.63, 3.8) is 0 Å². The van der Waals surface area contributed by atoms with Crippen molar-refractivity contribution in [3.05, 3.63) is 65.3 Å². The molecule has 1 aliphatic rings. The second-order valence-electron chi connectivity index (χ2n) is 9.42. The highest BCUT2D eigenvalue weighted by Crippen LogP contribution is 2.32. The van der Waals surface area contributed by atoms with E-state index < -0.39 is 0 Å². The predicted octanol–water partition coefficient (Wildman–Crippen LogP) is 4.49. The Kier molecular flexibility index (Phi) is 7.95. The van der Waals surface area contributed by atoms with Crippen LogP contribution < -0.4 is 20.1 Å². The molecular formula is C28H31ClN6O3. The molecule has 4 aromatic rings. The summed E-state index contributed by atoms with van der Waals surface area (Å²) >= 11 is 6.51. The number of anilines is 1. The van der Waals surface area contributed by atoms with Gasteiger partial charge in [0.2, 0.25) is 0 Å². The van der Waals surface area contributed by atoms with E-state index in [4.69, 9.17) is 26.1 Å². The van der Waals surface area contributed by atoms with Crippen molar-refractivity contribution in [2.24, 2.45) is 0 Å². The van der Waals surface area contributed by atoms with Gasteiger partial charge < -0.3 is 30.0 Å². The first-order valence-electron chi connectivity index (χ1n) is 12.6. The van der Waals surface area contributed by atoms with Crippen LogP contribution in [0.1, 0.15) is 18.4 Å². The summed E-state index contributed by atoms with van der Waals surface area (Å²) in [5.41, 5.74) is 4.07. The van der Waals surface area contributed by atoms with E-state index in [1.807, 2.05) is 48.5 Å². The molecule has 2 aromatic carbocycles. The molecule has 5 rings (SSSR count). The van der Waals surface area contributed by atoms with Gasteiger partial charge in [0.25, 0.3) is 5.91 Å². The van der Waals surface area contributed by atoms with Crippen LogP contribution in [0.2, 0.25) is 5.02 Å². The number of halogens is 1. The number of hydrogen-bond acceptors (Lipinski definition) is 7. The Morgan fingerprint density at radius 3 is 2.53 bits per heavy atom. The minimum Gasteiger partial charge on any atom is -0.497 e. The van der Waals surface area contributed by atoms with Gasteiger partial charge in [-0.25, -0.2) is 9.97 Å². The van der Waals surface area contributed by atoms with E-state index in [0.717, 1.165) is 54.0 Å². The molecular weight excluding hydrogens is 504 g/mol. The van der Waals surface area contributed by atoms with Gasteiger partial charge in [-0.15, -0.1) is 0 Å². The van der Waals surface area contributed by atoms with Gasteiger partial charge in [0.15, 0.2) is 12.3 Å². The van der Waals surface area contributed by atoms with Crippen LogP contribution in [0.15, 0.2) is 54.7 Å². The summed E-state index contributed by atoms with van der Waals surface area (Å²) in [4.78, 5) is 27.1. The number of likely N-dealkylation sites (tertiary alicyclic amines) is 1. The maximum absolute atomic E-state index is 12.2. The number of piperidine rings is 1. The van der Waals surface area contributed by atoms with Crippen molar-refractivity contribution < 1.29 is 14.3 Å². The van der Waals surface area contributed by atoms with Crippen LogP contribution in [-0.2, 0) is 11.3 Å². The molecule has 0 aliphatic carbocycles. The van der Waals surface area contributed by atoms with Gasteiger partial charge in [0, 0.05) is 18.2 Å². The lowest BCUT2D eigenvalue weighted by Crippen LogP contribution is -2.36. The molecule has 0 saturated carbocycles. The Hall–Kier alpha value is -3.82. The Bertz CT molecular complexity index is 1380. The Labute approximate surface area is 226 Å². The lowest BCUT2D eigenvalue weighted by Gasteiger charge is -2.30. The molecule has 38 heavy (non-hydrogen) atoms. The summed E-state index contributed by atoms with van der Waals surface area (Å²) in [5, 5.41) is 7.01. The van der Waals surface area contributed by atoms with Crippen molar-refractivity contribution in [1.82, 2.24) is 25.2 Å². The average Bonchev–Trinajstić information content (AvgIpc) is 3.39. The summed E-state index contributed by atoms with van der Waals surface area (Å²) in [5.74, 6) is 1.86. The summed E-state index contributed by atoms with van der Waals surface area (Å²) in [7, 11) is 3.76. The zero-order valence-corrected chi connectivity index (χ0v) is 22.2. The van der Waals surface area contributed by atoms with Gasteiger partial charge in [-0.3, -0.25) is 4.79 Å². The molecule has 1 saturated heterocycles. The van der Waals surface area contributed by atoms with Crippen molar-refractivity contribution >= 4 is 34.4 Å². The van der Waals surface area contributed by atoms with Crippen LogP contribution in [0.25, 0.3) is 22.6 Å². The quantitative estimate of drug-likeness (QED) is 0.290. The normalized spacial score (nSPS) is 14.4. The third-order valence-electron chi connectivity index (χ3n) is 6.68. The number of aromatic nitrogens is 3. The van der Waals surface area contributed by atoms with E-state index in [9.17, 15) is 4.79 Å². The third-order valence-corrected chi connectivity index (χ3v) is 6.97. The molecule has 1 aliphatic heterocycles. The van der Waals surface area contributed by atoms with E-state index in [-0.39, 0.29) is 12.5 Å². The van der Waals surface area contributed by atoms with Gasteiger partial charge in [0.05, 0.1) is 24.0 Å². The predicted molar refractivity (Wildman–Crippen MR) is 149 cm³/mol. The summed E-state index contributed by atoms with van der Waals surface area (Å²) < 4.78 is 10.8. The van der Waals surface area contributed by atoms with E-state index in [1.165, 1.54) is 0 Å². The first-order chi connectivity index (χ1) is 18.5. The first-order valence-corrected chi connectivity index (χ1v) is 13.0. The molecule has 0 radical (unpaired) electrons. The summed E-state index contributed by atoms with van der Waals surface area (Å²) in [6, 6.07) is 15.3. The SMILES string of the molecule is COc1ccc(CNC(=O)COc2ccc(-c3nc4c(NC5CCN(C)CC5)c(Cl)cnc4[nH]3)cc2)cc1. The highest BCUT2D eigenvalue weighted by Gasteiger charge is 2.20. The number of ether oxygens (including phenoxy) is 2. The number of amides is 1. The number of aromatic amines is 1. The fourth-order valence-corrected chi connectivity index (χ4v) is 4.61. The number of pyridine rings is 1. The minimum atomic E-state index is -0.199. The fourth-order valence-electron chi connectivity index (χ4n) is 4.41. The zero-order valence-electron chi connectivity index (χ0n) is 21.5. The highest BCUT2D eigenvalue weighted by molar-refractivity contribution is 6.34. The second-order valence-corrected chi connectivity index (χ2v) is 9.83. The molecule has 0 atom stereocenters. The number of benzene rings is 2. The number of imidazole rings is 1. The van der Waals surface area contributed by atoms with Crippen molar-refractivity contribution in [1.29, 1.82) is 0 Å². The molecule has 0 spiro atoms. The van der Waals surface area contributed by atoms with E-state index in [2.05, 4.69) is 32.5 Å². The van der Waals surface area contributed by atoms with Gasteiger partial charge in [0.1, 0.15) is 22.8 Å². The Morgan fingerprint density at radius 1 is 1.11 bits per heavy atom. The highest BCUT2D eigenvalue weighted by atomic mass is 35.5. The lowest BCUT2D eigenvalue weighted by atomic mass is 10.1. The number of fused-ring (bicyclic) bond motifs is 1. The summed E-state index contributed by atoms with van der Waals surface area (Å²) in [6.45, 7) is 2.45. The molecule has 1 amide bonds. The smallest absolute Gasteiger partial charge is 0.258 e. The summed E-state index contributed by atoms with van der Waals surface area (Å²) in [6.07, 6.45) is 3.75. The number of methoxy groups -OCH3 is 1. The van der Waals surface area contributed by atoms with Crippen molar-refractivity contribution in [3.8, 4) is 22.9 Å². The van der Waals surface area contributed by atoms with Gasteiger partial charge >= 0.3 is 0 Å². The van der Waals surface area contributed by atoms with E-state index in [0.29, 0.717) is 34.8 Å². The lowest BCUT2D eigenvalue weighted by molar-refractivity contribution is -0.123. The van der Waals surface area contributed by atoms with Crippen molar-refractivity contribution in [2.75, 3.05) is 39.2 Å². The number of nitrogens with one attached hydrogen (secondary N) is 3. The van der Waals surface area contributed by atoms with Crippen molar-refractivity contribution in [2.45, 2.75) is 25.4 Å². The molecule has 2 aromatic heterocycles. The molecule has 0 bridgehead atoms. The Balaban J connectivity index is 1.19. The standard InChI is InChI=1S/C28H31ClN6O3/c1-35-13-11-20(12-14-35)32-25-23(29)16-31-28-26(25)33-27(34-28)19-5-9-22(10-6-19)38-17-24(36)30-15-18-3-7-21(37-2)8-4-18/h3-10,16,20H,11-15,17H2,1-2H3,(H,30,36)(H2,31,32,33,34). The number of H-pyrrole nitrogens is 1. The largest absolute Gasteiger partial charge is 0.497 e. The second kappa shape index (κ2) is 11.7. The number of carbonyl (C=O) groups excluding carboxylic acids is 1. The molecule has 198 valence electrons. The van der Waals surface area contributed by atoms with Gasteiger partial charge in [-0.2, -0.15) is 0 Å². The van der Waals surface area contributed by atoms with Crippen LogP contribution >= 0.6 is 11.6 Å². The molecule has 10 heteroatoms. The minimum absolute atomic E-state index is 0.0749. The number of nitrogens with zero attached hydrogens (tertiary/aromatic N) is 3. The number of rotatable bonds is 9. The third kappa shape index (κ3) is 6.17. The van der Waals surface area contributed by atoms with Gasteiger partial charge in [-0.1, -0.05) is 23.7 Å². The fraction of sp³-hybridized carbons (Fsp3) is 0.321. The molecule has 9 nitrogen and oxygen atoms in total. The van der Waals surface area contributed by atoms with E-state index in [1.54, 1.807) is 13.3 Å². The average molecular weight is 535 g/mol. The van der Waals surface area contributed by atoms with Crippen LogP contribution in [0, 0.1) is 0 Å². The van der Waals surface area contributed by atoms with E-state index >= 15 is 0 Å². The number of carbonyl (C=O) groups is 1. The maximum atomic E-state index is 12.2. The molecule has 0 unspecified atom stereocenters. The van der Waals surface area contributed by atoms with Crippen LogP contribution in [0.5, 0.6) is 11.5 Å². The topological polar surface area (TPSA) is 104 Å². The maximum Gasteiger partial charge on any atom is 0.258 e. The van der Waals surface area contributed by atoms with Crippen LogP contribution in [0.3, 0.4) is 0 Å². The van der Waals surface area contributed by atoms with Crippen LogP contribution in [0.4, 0.5) is 5.69 Å². The van der Waals surface area contributed by atoms with Crippen LogP contribution in [-0.4, -0.2) is 65.7 Å². The monoisotopic (exact) mass is 534 g/mol. The Morgan fingerprint density at radius 2 is 1.82 bits per heavy atom. The molecule has 3 N–H and O–H groups in total. The molecule has 3 heterocycles. The number of hydrogen-bond donors (Lipinski definition) is 3. The first kappa shape index (κ1) is 25.8. The zero-order chi connectivity index (χ0) is 26.5. The molecule has 1 fully saturated rings.